The fourth-order valence-electron chi connectivity index (χ4n) is 4.49. The first-order chi connectivity index (χ1) is 16.9. The summed E-state index contributed by atoms with van der Waals surface area (Å²) < 4.78 is 5.52. The molecule has 3 aromatic rings. The first-order valence-electron chi connectivity index (χ1n) is 11.6. The molecule has 0 radical (unpaired) electrons. The van der Waals surface area contributed by atoms with Crippen molar-refractivity contribution in [2.45, 2.75) is 31.2 Å². The minimum Gasteiger partial charge on any atom is -0.481 e. The average molecular weight is 473 g/mol. The molecule has 0 aromatic heterocycles. The highest BCUT2D eigenvalue weighted by Gasteiger charge is 2.29. The molecule has 1 aliphatic carbocycles. The zero-order chi connectivity index (χ0) is 24.8. The molecular formula is C28H28N2O5. The van der Waals surface area contributed by atoms with Crippen LogP contribution >= 0.6 is 0 Å². The van der Waals surface area contributed by atoms with E-state index in [1.165, 1.54) is 0 Å². The number of hydrogen-bond acceptors (Lipinski definition) is 4. The van der Waals surface area contributed by atoms with Gasteiger partial charge in [0.25, 0.3) is 0 Å². The van der Waals surface area contributed by atoms with Crippen molar-refractivity contribution in [2.75, 3.05) is 13.2 Å². The van der Waals surface area contributed by atoms with E-state index in [0.717, 1.165) is 22.3 Å². The van der Waals surface area contributed by atoms with Crippen molar-refractivity contribution in [3.05, 3.63) is 95.6 Å². The van der Waals surface area contributed by atoms with Crippen LogP contribution in [-0.4, -0.2) is 42.3 Å². The maximum Gasteiger partial charge on any atom is 0.407 e. The van der Waals surface area contributed by atoms with Crippen molar-refractivity contribution in [1.29, 1.82) is 0 Å². The predicted molar refractivity (Wildman–Crippen MR) is 132 cm³/mol. The molecule has 0 bridgehead atoms. The zero-order valence-electron chi connectivity index (χ0n) is 19.4. The van der Waals surface area contributed by atoms with Gasteiger partial charge >= 0.3 is 12.1 Å². The lowest BCUT2D eigenvalue weighted by atomic mass is 9.98. The van der Waals surface area contributed by atoms with E-state index in [1.54, 1.807) is 37.3 Å². The van der Waals surface area contributed by atoms with Crippen LogP contribution in [0.5, 0.6) is 0 Å². The van der Waals surface area contributed by atoms with Crippen LogP contribution in [0, 0.1) is 0 Å². The van der Waals surface area contributed by atoms with Gasteiger partial charge in [-0.1, -0.05) is 78.9 Å². The topological polar surface area (TPSA) is 105 Å². The van der Waals surface area contributed by atoms with Crippen LogP contribution in [0.4, 0.5) is 4.79 Å². The van der Waals surface area contributed by atoms with Gasteiger partial charge in [-0.3, -0.25) is 9.59 Å². The maximum atomic E-state index is 12.4. The molecule has 0 fully saturated rings. The fourth-order valence-corrected chi connectivity index (χ4v) is 4.49. The maximum absolute atomic E-state index is 12.4. The van der Waals surface area contributed by atoms with E-state index in [2.05, 4.69) is 22.8 Å². The second-order valence-electron chi connectivity index (χ2n) is 8.68. The number of hydrogen-bond donors (Lipinski definition) is 3. The molecule has 0 saturated carbocycles. The molecular weight excluding hydrogens is 444 g/mol. The largest absolute Gasteiger partial charge is 0.481 e. The lowest BCUT2D eigenvalue weighted by Crippen LogP contribution is -2.39. The first-order valence-corrected chi connectivity index (χ1v) is 11.6. The average Bonchev–Trinajstić information content (AvgIpc) is 3.17. The van der Waals surface area contributed by atoms with Gasteiger partial charge in [-0.25, -0.2) is 4.79 Å². The third-order valence-electron chi connectivity index (χ3n) is 6.20. The number of carbonyl (C=O) groups excluding carboxylic acids is 2. The van der Waals surface area contributed by atoms with Crippen molar-refractivity contribution in [1.82, 2.24) is 10.6 Å². The Bertz CT molecular complexity index is 1170. The van der Waals surface area contributed by atoms with Gasteiger partial charge in [0.15, 0.2) is 0 Å². The van der Waals surface area contributed by atoms with E-state index in [9.17, 15) is 19.5 Å². The molecule has 3 aromatic carbocycles. The molecule has 7 heteroatoms. The number of ether oxygens (including phenoxy) is 1. The molecule has 3 N–H and O–H groups in total. The molecule has 180 valence electrons. The Morgan fingerprint density at radius 1 is 0.886 bits per heavy atom. The molecule has 0 aliphatic heterocycles. The van der Waals surface area contributed by atoms with Crippen LogP contribution in [0.25, 0.3) is 11.1 Å². The highest BCUT2D eigenvalue weighted by molar-refractivity contribution is 5.81. The molecule has 0 spiro atoms. The molecule has 1 unspecified atom stereocenters. The zero-order valence-corrected chi connectivity index (χ0v) is 19.4. The van der Waals surface area contributed by atoms with E-state index in [0.29, 0.717) is 5.56 Å². The summed E-state index contributed by atoms with van der Waals surface area (Å²) in [5.41, 5.74) is 5.17. The van der Waals surface area contributed by atoms with Gasteiger partial charge in [-0.15, -0.1) is 0 Å². The van der Waals surface area contributed by atoms with Crippen molar-refractivity contribution in [2.24, 2.45) is 0 Å². The molecule has 1 aliphatic rings. The molecule has 7 nitrogen and oxygen atoms in total. The molecule has 2 atom stereocenters. The van der Waals surface area contributed by atoms with Crippen molar-refractivity contribution >= 4 is 18.0 Å². The Labute approximate surface area is 204 Å². The molecule has 0 saturated heterocycles. The lowest BCUT2D eigenvalue weighted by molar-refractivity contribution is -0.138. The number of carboxylic acid groups (broad SMARTS) is 1. The van der Waals surface area contributed by atoms with E-state index in [1.807, 2.05) is 36.4 Å². The second kappa shape index (κ2) is 10.9. The minimum atomic E-state index is -1.01. The van der Waals surface area contributed by atoms with Gasteiger partial charge in [0.2, 0.25) is 5.91 Å². The summed E-state index contributed by atoms with van der Waals surface area (Å²) >= 11 is 0. The monoisotopic (exact) mass is 472 g/mol. The van der Waals surface area contributed by atoms with E-state index in [4.69, 9.17) is 4.74 Å². The van der Waals surface area contributed by atoms with Crippen LogP contribution < -0.4 is 10.6 Å². The SMILES string of the molecule is C[C@H](CC(=O)NCC(C(=O)O)c1ccccc1)NC(=O)OCC1c2ccccc2-c2ccccc21. The molecule has 2 amide bonds. The number of rotatable bonds is 9. The van der Waals surface area contributed by atoms with Gasteiger partial charge in [-0.05, 0) is 34.7 Å². The Morgan fingerprint density at radius 3 is 2.06 bits per heavy atom. The summed E-state index contributed by atoms with van der Waals surface area (Å²) in [5.74, 6) is -2.25. The highest BCUT2D eigenvalue weighted by atomic mass is 16.5. The molecule has 0 heterocycles. The number of aliphatic carboxylic acids is 1. The summed E-state index contributed by atoms with van der Waals surface area (Å²) in [6, 6.07) is 24.5. The Kier molecular flexibility index (Phi) is 7.45. The van der Waals surface area contributed by atoms with Crippen molar-refractivity contribution in [3.8, 4) is 11.1 Å². The number of alkyl carbamates (subject to hydrolysis) is 1. The number of nitrogens with one attached hydrogen (secondary N) is 2. The van der Waals surface area contributed by atoms with Crippen LogP contribution in [0.3, 0.4) is 0 Å². The van der Waals surface area contributed by atoms with Crippen LogP contribution in [0.15, 0.2) is 78.9 Å². The third-order valence-corrected chi connectivity index (χ3v) is 6.20. The van der Waals surface area contributed by atoms with Gasteiger partial charge in [0, 0.05) is 24.9 Å². The Hall–Kier alpha value is -4.13. The van der Waals surface area contributed by atoms with E-state index >= 15 is 0 Å². The summed E-state index contributed by atoms with van der Waals surface area (Å²) in [5, 5.41) is 14.8. The Balaban J connectivity index is 1.26. The highest BCUT2D eigenvalue weighted by Crippen LogP contribution is 2.44. The van der Waals surface area contributed by atoms with Crippen LogP contribution in [-0.2, 0) is 14.3 Å². The van der Waals surface area contributed by atoms with Crippen LogP contribution in [0.1, 0.15) is 41.9 Å². The fraction of sp³-hybridized carbons (Fsp3) is 0.250. The van der Waals surface area contributed by atoms with Gasteiger partial charge in [-0.2, -0.15) is 0 Å². The number of benzene rings is 3. The van der Waals surface area contributed by atoms with Gasteiger partial charge < -0.3 is 20.5 Å². The normalized spacial score (nSPS) is 13.7. The minimum absolute atomic E-state index is 0.00528. The van der Waals surface area contributed by atoms with Gasteiger partial charge in [0.05, 0.1) is 5.92 Å². The van der Waals surface area contributed by atoms with Crippen molar-refractivity contribution in [3.63, 3.8) is 0 Å². The first kappa shape index (κ1) is 24.0. The standard InChI is InChI=1S/C28H28N2O5/c1-18(15-26(31)29-16-24(27(32)33)19-9-3-2-4-10-19)30-28(34)35-17-25-22-13-7-5-11-20(22)21-12-6-8-14-23(21)25/h2-14,18,24-25H,15-17H2,1H3,(H,29,31)(H,30,34)(H,32,33)/t18-,24?/m1/s1. The summed E-state index contributed by atoms with van der Waals surface area (Å²) in [6.07, 6.45) is -0.592. The number of amides is 2. The Morgan fingerprint density at radius 2 is 1.46 bits per heavy atom. The second-order valence-corrected chi connectivity index (χ2v) is 8.68. The van der Waals surface area contributed by atoms with E-state index < -0.39 is 24.0 Å². The van der Waals surface area contributed by atoms with Gasteiger partial charge in [0.1, 0.15) is 6.61 Å². The summed E-state index contributed by atoms with van der Waals surface area (Å²) in [4.78, 5) is 36.3. The lowest BCUT2D eigenvalue weighted by Gasteiger charge is -2.18. The number of carbonyl (C=O) groups is 3. The van der Waals surface area contributed by atoms with E-state index in [-0.39, 0.29) is 31.4 Å². The summed E-state index contributed by atoms with van der Waals surface area (Å²) in [7, 11) is 0. The quantitative estimate of drug-likeness (QED) is 0.431. The molecule has 4 rings (SSSR count). The third kappa shape index (κ3) is 5.69. The van der Waals surface area contributed by atoms with Crippen molar-refractivity contribution < 1.29 is 24.2 Å². The predicted octanol–water partition coefficient (Wildman–Crippen LogP) is 4.29. The number of fused-ring (bicyclic) bond motifs is 3. The molecule has 35 heavy (non-hydrogen) atoms. The smallest absolute Gasteiger partial charge is 0.407 e. The number of carboxylic acids is 1. The van der Waals surface area contributed by atoms with Crippen LogP contribution in [0.2, 0.25) is 0 Å². The summed E-state index contributed by atoms with van der Waals surface area (Å²) in [6.45, 7) is 1.86.